The average molecular weight is 228 g/mol. The van der Waals surface area contributed by atoms with Gasteiger partial charge in [-0.25, -0.2) is 0 Å². The van der Waals surface area contributed by atoms with Crippen LogP contribution in [0.4, 0.5) is 0 Å². The molecule has 0 aromatic heterocycles. The maximum Gasteiger partial charge on any atom is 0.242 e. The molecule has 16 heavy (non-hydrogen) atoms. The van der Waals surface area contributed by atoms with Gasteiger partial charge in [0.25, 0.3) is 0 Å². The Balaban J connectivity index is 2.51. The van der Waals surface area contributed by atoms with E-state index in [0.29, 0.717) is 19.4 Å². The number of hydrogen-bond donors (Lipinski definition) is 1. The molecule has 0 bridgehead atoms. The second kappa shape index (κ2) is 5.64. The molecule has 1 rings (SSSR count). The maximum atomic E-state index is 12.2. The van der Waals surface area contributed by atoms with Gasteiger partial charge < -0.3 is 15.4 Å². The number of carbonyl (C=O) groups is 1. The quantitative estimate of drug-likeness (QED) is 0.767. The predicted octanol–water partition coefficient (Wildman–Crippen LogP) is 1.14. The van der Waals surface area contributed by atoms with Crippen LogP contribution in [0.5, 0.6) is 0 Å². The van der Waals surface area contributed by atoms with Gasteiger partial charge in [-0.05, 0) is 25.7 Å². The van der Waals surface area contributed by atoms with Gasteiger partial charge in [0.2, 0.25) is 5.91 Å². The van der Waals surface area contributed by atoms with Gasteiger partial charge in [-0.15, -0.1) is 0 Å². The fraction of sp³-hybridized carbons (Fsp3) is 0.917. The molecule has 0 aliphatic carbocycles. The van der Waals surface area contributed by atoms with E-state index in [2.05, 4.69) is 0 Å². The van der Waals surface area contributed by atoms with Crippen molar-refractivity contribution in [3.05, 3.63) is 0 Å². The summed E-state index contributed by atoms with van der Waals surface area (Å²) in [6.07, 6.45) is 3.71. The fourth-order valence-electron chi connectivity index (χ4n) is 2.11. The van der Waals surface area contributed by atoms with Crippen LogP contribution >= 0.6 is 0 Å². The topological polar surface area (TPSA) is 55.6 Å². The van der Waals surface area contributed by atoms with E-state index >= 15 is 0 Å². The van der Waals surface area contributed by atoms with Crippen LogP contribution in [-0.2, 0) is 9.53 Å². The van der Waals surface area contributed by atoms with E-state index in [-0.39, 0.29) is 12.0 Å². The van der Waals surface area contributed by atoms with Crippen molar-refractivity contribution < 1.29 is 9.53 Å². The van der Waals surface area contributed by atoms with Gasteiger partial charge in [0.05, 0.1) is 11.6 Å². The zero-order valence-electron chi connectivity index (χ0n) is 10.7. The molecule has 1 amide bonds. The van der Waals surface area contributed by atoms with Crippen molar-refractivity contribution in [1.82, 2.24) is 4.90 Å². The van der Waals surface area contributed by atoms with Crippen LogP contribution < -0.4 is 5.73 Å². The molecule has 0 saturated carbocycles. The summed E-state index contributed by atoms with van der Waals surface area (Å²) in [7, 11) is 1.82. The first-order valence-electron chi connectivity index (χ1n) is 6.19. The van der Waals surface area contributed by atoms with Crippen molar-refractivity contribution in [2.24, 2.45) is 5.73 Å². The van der Waals surface area contributed by atoms with Crippen LogP contribution in [0, 0.1) is 0 Å². The lowest BCUT2D eigenvalue weighted by Crippen LogP contribution is -2.54. The molecule has 1 saturated heterocycles. The number of ether oxygens (including phenoxy) is 1. The molecule has 1 aliphatic heterocycles. The van der Waals surface area contributed by atoms with Gasteiger partial charge in [-0.2, -0.15) is 0 Å². The van der Waals surface area contributed by atoms with Crippen molar-refractivity contribution in [2.45, 2.75) is 51.2 Å². The third-order valence-corrected chi connectivity index (χ3v) is 3.54. The number of nitrogens with two attached hydrogens (primary N) is 1. The monoisotopic (exact) mass is 228 g/mol. The molecule has 0 radical (unpaired) electrons. The number of amides is 1. The Morgan fingerprint density at radius 3 is 2.56 bits per heavy atom. The highest BCUT2D eigenvalue weighted by atomic mass is 16.5. The number of nitrogens with zero attached hydrogens (tertiary/aromatic N) is 1. The van der Waals surface area contributed by atoms with E-state index in [1.165, 1.54) is 0 Å². The van der Waals surface area contributed by atoms with E-state index in [9.17, 15) is 4.79 Å². The first kappa shape index (κ1) is 13.5. The standard InChI is InChI=1S/C12H24N2O2/c1-4-12(13,5-2)11(15)14(3)9-10-7-6-8-16-10/h10H,4-9,13H2,1-3H3. The minimum absolute atomic E-state index is 0.0352. The summed E-state index contributed by atoms with van der Waals surface area (Å²) >= 11 is 0. The van der Waals surface area contributed by atoms with Crippen LogP contribution in [0.1, 0.15) is 39.5 Å². The molecule has 94 valence electrons. The van der Waals surface area contributed by atoms with Crippen LogP contribution in [0.25, 0.3) is 0 Å². The Morgan fingerprint density at radius 1 is 1.50 bits per heavy atom. The summed E-state index contributed by atoms with van der Waals surface area (Å²) in [5, 5.41) is 0. The lowest BCUT2D eigenvalue weighted by Gasteiger charge is -2.31. The minimum atomic E-state index is -0.701. The Kier molecular flexibility index (Phi) is 4.74. The summed E-state index contributed by atoms with van der Waals surface area (Å²) in [6, 6.07) is 0. The highest BCUT2D eigenvalue weighted by molar-refractivity contribution is 5.85. The molecule has 1 unspecified atom stereocenters. The zero-order valence-corrected chi connectivity index (χ0v) is 10.7. The number of likely N-dealkylation sites (N-methyl/N-ethyl adjacent to an activating group) is 1. The Morgan fingerprint density at radius 2 is 2.12 bits per heavy atom. The molecule has 4 heteroatoms. The molecule has 1 fully saturated rings. The van der Waals surface area contributed by atoms with E-state index in [1.807, 2.05) is 20.9 Å². The van der Waals surface area contributed by atoms with Gasteiger partial charge >= 0.3 is 0 Å². The summed E-state index contributed by atoms with van der Waals surface area (Å²) in [6.45, 7) is 5.41. The molecular weight excluding hydrogens is 204 g/mol. The van der Waals surface area contributed by atoms with Gasteiger partial charge in [-0.1, -0.05) is 13.8 Å². The maximum absolute atomic E-state index is 12.2. The molecule has 4 nitrogen and oxygen atoms in total. The fourth-order valence-corrected chi connectivity index (χ4v) is 2.11. The van der Waals surface area contributed by atoms with E-state index < -0.39 is 5.54 Å². The van der Waals surface area contributed by atoms with Crippen LogP contribution in [0.15, 0.2) is 0 Å². The lowest BCUT2D eigenvalue weighted by atomic mass is 9.92. The predicted molar refractivity (Wildman–Crippen MR) is 64.1 cm³/mol. The van der Waals surface area contributed by atoms with Crippen molar-refractivity contribution in [3.63, 3.8) is 0 Å². The van der Waals surface area contributed by atoms with Crippen molar-refractivity contribution in [1.29, 1.82) is 0 Å². The van der Waals surface area contributed by atoms with Crippen molar-refractivity contribution in [3.8, 4) is 0 Å². The first-order chi connectivity index (χ1) is 7.53. The first-order valence-corrected chi connectivity index (χ1v) is 6.19. The van der Waals surface area contributed by atoms with E-state index in [1.54, 1.807) is 4.90 Å². The van der Waals surface area contributed by atoms with Gasteiger partial charge in [-0.3, -0.25) is 4.79 Å². The lowest BCUT2D eigenvalue weighted by molar-refractivity contribution is -0.137. The molecule has 1 aliphatic rings. The SMILES string of the molecule is CCC(N)(CC)C(=O)N(C)CC1CCCO1. The number of carbonyl (C=O) groups excluding carboxylic acids is 1. The molecule has 1 atom stereocenters. The smallest absolute Gasteiger partial charge is 0.242 e. The molecular formula is C12H24N2O2. The minimum Gasteiger partial charge on any atom is -0.376 e. The summed E-state index contributed by atoms with van der Waals surface area (Å²) < 4.78 is 5.52. The highest BCUT2D eigenvalue weighted by Crippen LogP contribution is 2.17. The summed E-state index contributed by atoms with van der Waals surface area (Å²) in [5.74, 6) is 0.0352. The van der Waals surface area contributed by atoms with Crippen LogP contribution in [0.3, 0.4) is 0 Å². The summed E-state index contributed by atoms with van der Waals surface area (Å²) in [4.78, 5) is 13.9. The van der Waals surface area contributed by atoms with Crippen LogP contribution in [0.2, 0.25) is 0 Å². The molecule has 2 N–H and O–H groups in total. The molecule has 1 heterocycles. The Bertz CT molecular complexity index is 233. The molecule has 0 aromatic carbocycles. The van der Waals surface area contributed by atoms with Gasteiger partial charge in [0, 0.05) is 20.2 Å². The second-order valence-electron chi connectivity index (χ2n) is 4.68. The van der Waals surface area contributed by atoms with Crippen molar-refractivity contribution >= 4 is 5.91 Å². The third kappa shape index (κ3) is 2.95. The second-order valence-corrected chi connectivity index (χ2v) is 4.68. The van der Waals surface area contributed by atoms with Gasteiger partial charge in [0.15, 0.2) is 0 Å². The average Bonchev–Trinajstić information content (AvgIpc) is 2.79. The van der Waals surface area contributed by atoms with E-state index in [4.69, 9.17) is 10.5 Å². The molecule has 0 aromatic rings. The molecule has 0 spiro atoms. The zero-order chi connectivity index (χ0) is 12.2. The number of hydrogen-bond acceptors (Lipinski definition) is 3. The normalized spacial score (nSPS) is 21.1. The van der Waals surface area contributed by atoms with Crippen molar-refractivity contribution in [2.75, 3.05) is 20.2 Å². The van der Waals surface area contributed by atoms with Crippen LogP contribution in [-0.4, -0.2) is 42.6 Å². The van der Waals surface area contributed by atoms with E-state index in [0.717, 1.165) is 19.4 Å². The Hall–Kier alpha value is -0.610. The number of rotatable bonds is 5. The highest BCUT2D eigenvalue weighted by Gasteiger charge is 2.33. The Labute approximate surface area is 98.1 Å². The largest absolute Gasteiger partial charge is 0.376 e. The third-order valence-electron chi connectivity index (χ3n) is 3.54. The summed E-state index contributed by atoms with van der Waals surface area (Å²) in [5.41, 5.74) is 5.38. The van der Waals surface area contributed by atoms with Gasteiger partial charge in [0.1, 0.15) is 0 Å².